The summed E-state index contributed by atoms with van der Waals surface area (Å²) < 4.78 is 0.657. The molecule has 0 saturated carbocycles. The number of rotatable bonds is 3. The lowest BCUT2D eigenvalue weighted by Gasteiger charge is -2.31. The minimum absolute atomic E-state index is 0. The van der Waals surface area contributed by atoms with Crippen LogP contribution in [0.1, 0.15) is 13.8 Å². The van der Waals surface area contributed by atoms with Gasteiger partial charge in [0.1, 0.15) is 13.1 Å². The van der Waals surface area contributed by atoms with Crippen LogP contribution in [-0.4, -0.2) is 62.1 Å². The summed E-state index contributed by atoms with van der Waals surface area (Å²) in [6, 6.07) is 0. The van der Waals surface area contributed by atoms with Crippen LogP contribution in [0, 0.1) is 0 Å². The van der Waals surface area contributed by atoms with E-state index in [4.69, 9.17) is 0 Å². The van der Waals surface area contributed by atoms with Gasteiger partial charge in [-0.3, -0.25) is 8.97 Å². The maximum atomic E-state index is 11.2. The SMILES string of the molecule is CC(=O)[N+](C)(C)CC[N+](C)(C)C(C)=O.[Br-].[Br-]. The van der Waals surface area contributed by atoms with Crippen molar-refractivity contribution >= 4 is 11.8 Å². The number of quaternary nitrogens is 2. The summed E-state index contributed by atoms with van der Waals surface area (Å²) in [5.74, 6) is 0.238. The molecule has 98 valence electrons. The number of hydrogen-bond donors (Lipinski definition) is 0. The van der Waals surface area contributed by atoms with Gasteiger partial charge in [-0.25, -0.2) is 9.59 Å². The van der Waals surface area contributed by atoms with Gasteiger partial charge in [0.15, 0.2) is 0 Å². The molecule has 0 aromatic carbocycles. The molecule has 0 aromatic rings. The Labute approximate surface area is 119 Å². The smallest absolute Gasteiger partial charge is 0.310 e. The minimum atomic E-state index is 0. The van der Waals surface area contributed by atoms with E-state index in [0.29, 0.717) is 22.1 Å². The highest BCUT2D eigenvalue weighted by Gasteiger charge is 2.29. The largest absolute Gasteiger partial charge is 1.00 e. The Hall–Kier alpha value is 0.220. The molecule has 0 radical (unpaired) electrons. The molecule has 0 aliphatic carbocycles. The second-order valence-electron chi connectivity index (χ2n) is 4.86. The molecule has 0 bridgehead atoms. The molecule has 0 aliphatic rings. The molecule has 0 saturated heterocycles. The van der Waals surface area contributed by atoms with Gasteiger partial charge in [-0.2, -0.15) is 0 Å². The van der Waals surface area contributed by atoms with E-state index >= 15 is 0 Å². The quantitative estimate of drug-likeness (QED) is 0.469. The molecule has 4 nitrogen and oxygen atoms in total. The van der Waals surface area contributed by atoms with Gasteiger partial charge in [0.05, 0.1) is 42.0 Å². The minimum Gasteiger partial charge on any atom is -1.00 e. The predicted octanol–water partition coefficient (Wildman–Crippen LogP) is -5.76. The fraction of sp³-hybridized carbons (Fsp3) is 0.800. The molecule has 2 amide bonds. The Morgan fingerprint density at radius 1 is 0.750 bits per heavy atom. The fourth-order valence-corrected chi connectivity index (χ4v) is 0.815. The van der Waals surface area contributed by atoms with Crippen molar-refractivity contribution < 1.29 is 52.5 Å². The lowest BCUT2D eigenvalue weighted by molar-refractivity contribution is -0.871. The molecule has 0 rings (SSSR count). The Kier molecular flexibility index (Phi) is 10.1. The van der Waals surface area contributed by atoms with Crippen molar-refractivity contribution in [1.29, 1.82) is 0 Å². The highest BCUT2D eigenvalue weighted by Crippen LogP contribution is 2.03. The van der Waals surface area contributed by atoms with Crippen molar-refractivity contribution in [3.63, 3.8) is 0 Å². The lowest BCUT2D eigenvalue weighted by Crippen LogP contribution is -3.00. The monoisotopic (exact) mass is 360 g/mol. The molecule has 0 spiro atoms. The van der Waals surface area contributed by atoms with Crippen molar-refractivity contribution in [2.75, 3.05) is 41.3 Å². The molecule has 6 heteroatoms. The first-order valence-corrected chi connectivity index (χ1v) is 4.78. The van der Waals surface area contributed by atoms with Gasteiger partial charge >= 0.3 is 11.8 Å². The molecule has 0 aliphatic heterocycles. The average Bonchev–Trinajstić information content (AvgIpc) is 2.01. The Balaban J connectivity index is -0.000000845. The number of likely N-dealkylation sites (N-methyl/N-ethyl adjacent to an activating group) is 2. The van der Waals surface area contributed by atoms with E-state index in [1.54, 1.807) is 13.8 Å². The first-order chi connectivity index (χ1) is 6.09. The summed E-state index contributed by atoms with van der Waals surface area (Å²) in [4.78, 5) is 22.5. The van der Waals surface area contributed by atoms with Crippen molar-refractivity contribution in [1.82, 2.24) is 0 Å². The van der Waals surface area contributed by atoms with Gasteiger partial charge in [-0.15, -0.1) is 0 Å². The topological polar surface area (TPSA) is 34.1 Å². The van der Waals surface area contributed by atoms with Crippen LogP contribution in [0.4, 0.5) is 0 Å². The zero-order chi connectivity index (χ0) is 11.6. The van der Waals surface area contributed by atoms with Crippen LogP contribution in [-0.2, 0) is 9.59 Å². The number of halogens is 2. The summed E-state index contributed by atoms with van der Waals surface area (Å²) in [6.07, 6.45) is 0. The van der Waals surface area contributed by atoms with E-state index in [9.17, 15) is 9.59 Å². The third-order valence-corrected chi connectivity index (χ3v) is 2.92. The lowest BCUT2D eigenvalue weighted by atomic mass is 10.3. The van der Waals surface area contributed by atoms with Gasteiger partial charge in [0, 0.05) is 0 Å². The summed E-state index contributed by atoms with van der Waals surface area (Å²) >= 11 is 0. The van der Waals surface area contributed by atoms with Crippen LogP contribution in [0.5, 0.6) is 0 Å². The zero-order valence-electron chi connectivity index (χ0n) is 10.9. The van der Waals surface area contributed by atoms with Crippen LogP contribution in [0.25, 0.3) is 0 Å². The molecule has 0 heterocycles. The standard InChI is InChI=1S/C10H22N2O2.2BrH/c1-9(13)11(3,4)7-8-12(5,6)10(2)14;;/h7-8H2,1-6H3;2*1H/q+2;;/p-2. The Morgan fingerprint density at radius 2 is 0.938 bits per heavy atom. The zero-order valence-corrected chi connectivity index (χ0v) is 14.1. The van der Waals surface area contributed by atoms with Gasteiger partial charge < -0.3 is 34.0 Å². The number of nitrogens with zero attached hydrogens (tertiary/aromatic N) is 2. The number of carbonyl (C=O) groups excluding carboxylic acids is 2. The van der Waals surface area contributed by atoms with E-state index in [1.165, 1.54) is 0 Å². The predicted molar refractivity (Wildman–Crippen MR) is 55.3 cm³/mol. The Morgan fingerprint density at radius 3 is 1.06 bits per heavy atom. The van der Waals surface area contributed by atoms with Gasteiger partial charge in [0.25, 0.3) is 0 Å². The van der Waals surface area contributed by atoms with E-state index in [2.05, 4.69) is 0 Å². The maximum Gasteiger partial charge on any atom is 0.310 e. The molecule has 0 aromatic heterocycles. The van der Waals surface area contributed by atoms with Crippen molar-refractivity contribution in [2.24, 2.45) is 0 Å². The van der Waals surface area contributed by atoms with Crippen molar-refractivity contribution in [2.45, 2.75) is 13.8 Å². The first kappa shape index (κ1) is 21.5. The van der Waals surface area contributed by atoms with E-state index in [1.807, 2.05) is 28.2 Å². The normalized spacial score (nSPS) is 11.1. The van der Waals surface area contributed by atoms with Crippen molar-refractivity contribution in [3.8, 4) is 0 Å². The molecule has 0 atom stereocenters. The highest BCUT2D eigenvalue weighted by atomic mass is 79.9. The van der Waals surface area contributed by atoms with E-state index in [0.717, 1.165) is 0 Å². The second kappa shape index (κ2) is 7.53. The summed E-state index contributed by atoms with van der Waals surface area (Å²) in [5.41, 5.74) is 0. The van der Waals surface area contributed by atoms with Crippen LogP contribution in [0.3, 0.4) is 0 Å². The molecule has 0 unspecified atom stereocenters. The third kappa shape index (κ3) is 6.73. The first-order valence-electron chi connectivity index (χ1n) is 4.78. The summed E-state index contributed by atoms with van der Waals surface area (Å²) in [7, 11) is 7.45. The molecule has 0 N–H and O–H groups in total. The molecular weight excluding hydrogens is 340 g/mol. The van der Waals surface area contributed by atoms with Crippen LogP contribution >= 0.6 is 0 Å². The number of hydrogen-bond acceptors (Lipinski definition) is 2. The molecule has 16 heavy (non-hydrogen) atoms. The number of amides is 2. The summed E-state index contributed by atoms with van der Waals surface area (Å²) in [6.45, 7) is 4.52. The summed E-state index contributed by atoms with van der Waals surface area (Å²) in [5, 5.41) is 0. The average molecular weight is 362 g/mol. The highest BCUT2D eigenvalue weighted by molar-refractivity contribution is 5.66. The van der Waals surface area contributed by atoms with E-state index < -0.39 is 0 Å². The Bertz CT molecular complexity index is 227. The third-order valence-electron chi connectivity index (χ3n) is 2.92. The maximum absolute atomic E-state index is 11.2. The van der Waals surface area contributed by atoms with Gasteiger partial charge in [0.2, 0.25) is 0 Å². The van der Waals surface area contributed by atoms with Crippen LogP contribution < -0.4 is 34.0 Å². The van der Waals surface area contributed by atoms with Crippen molar-refractivity contribution in [3.05, 3.63) is 0 Å². The van der Waals surface area contributed by atoms with Gasteiger partial charge in [-0.05, 0) is 0 Å². The van der Waals surface area contributed by atoms with Gasteiger partial charge in [-0.1, -0.05) is 0 Å². The number of carbonyl (C=O) groups is 2. The van der Waals surface area contributed by atoms with Crippen LogP contribution in [0.2, 0.25) is 0 Å². The van der Waals surface area contributed by atoms with E-state index in [-0.39, 0.29) is 45.8 Å². The fourth-order valence-electron chi connectivity index (χ4n) is 0.815. The second-order valence-corrected chi connectivity index (χ2v) is 4.86. The molecular formula is C10H22Br2N2O2. The molecule has 0 fully saturated rings. The van der Waals surface area contributed by atoms with Crippen LogP contribution in [0.15, 0.2) is 0 Å².